The molecule has 1 heterocycles. The van der Waals surface area contributed by atoms with Gasteiger partial charge in [-0.2, -0.15) is 0 Å². The van der Waals surface area contributed by atoms with Gasteiger partial charge in [0.2, 0.25) is 0 Å². The zero-order chi connectivity index (χ0) is 12.4. The third-order valence-electron chi connectivity index (χ3n) is 3.41. The van der Waals surface area contributed by atoms with Crippen LogP contribution >= 0.6 is 0 Å². The van der Waals surface area contributed by atoms with Crippen LogP contribution in [0.1, 0.15) is 38.0 Å². The molecule has 1 heteroatoms. The minimum atomic E-state index is 0.467. The first-order valence-corrected chi connectivity index (χ1v) is 6.24. The van der Waals surface area contributed by atoms with Crippen molar-refractivity contribution >= 4 is 0 Å². The molecule has 0 N–H and O–H groups in total. The molecular weight excluding hydrogens is 208 g/mol. The summed E-state index contributed by atoms with van der Waals surface area (Å²) in [5.74, 6) is 3.12. The number of rotatable bonds is 3. The molecule has 17 heavy (non-hydrogen) atoms. The molecule has 0 fully saturated rings. The summed E-state index contributed by atoms with van der Waals surface area (Å²) in [6.45, 7) is 8.75. The van der Waals surface area contributed by atoms with Gasteiger partial charge in [-0.05, 0) is 25.0 Å². The van der Waals surface area contributed by atoms with E-state index >= 15 is 0 Å². The summed E-state index contributed by atoms with van der Waals surface area (Å²) in [7, 11) is 0. The van der Waals surface area contributed by atoms with Crippen molar-refractivity contribution in [2.75, 3.05) is 0 Å². The van der Waals surface area contributed by atoms with Gasteiger partial charge in [-0.1, -0.05) is 50.6 Å². The van der Waals surface area contributed by atoms with E-state index in [1.54, 1.807) is 0 Å². The largest absolute Gasteiger partial charge is 0.461 e. The second kappa shape index (κ2) is 4.79. The Labute approximate surface area is 103 Å². The lowest BCUT2D eigenvalue weighted by Crippen LogP contribution is -1.99. The van der Waals surface area contributed by atoms with Gasteiger partial charge in [0, 0.05) is 11.5 Å². The lowest BCUT2D eigenvalue weighted by Gasteiger charge is -2.11. The summed E-state index contributed by atoms with van der Waals surface area (Å²) in [6.07, 6.45) is 0. The van der Waals surface area contributed by atoms with E-state index in [0.717, 1.165) is 17.1 Å². The number of furan rings is 1. The van der Waals surface area contributed by atoms with Crippen LogP contribution < -0.4 is 0 Å². The Bertz CT molecular complexity index is 476. The minimum Gasteiger partial charge on any atom is -0.461 e. The zero-order valence-electron chi connectivity index (χ0n) is 11.0. The zero-order valence-corrected chi connectivity index (χ0v) is 11.0. The molecule has 2 aromatic rings. The molecule has 0 saturated heterocycles. The van der Waals surface area contributed by atoms with E-state index in [0.29, 0.717) is 11.8 Å². The Morgan fingerprint density at radius 3 is 2.12 bits per heavy atom. The van der Waals surface area contributed by atoms with Gasteiger partial charge in [0.15, 0.2) is 0 Å². The molecule has 1 atom stereocenters. The Kier molecular flexibility index (Phi) is 3.37. The summed E-state index contributed by atoms with van der Waals surface area (Å²) >= 11 is 0. The molecule has 1 aromatic heterocycles. The molecule has 1 nitrogen and oxygen atoms in total. The standard InChI is InChI=1S/C16H20O/c1-11(2)13(4)15-9-10-16(17-15)14-7-5-12(3)6-8-14/h5-11,13H,1-4H3. The molecule has 0 radical (unpaired) electrons. The maximum Gasteiger partial charge on any atom is 0.134 e. The van der Waals surface area contributed by atoms with Gasteiger partial charge in [-0.3, -0.25) is 0 Å². The molecular formula is C16H20O. The summed E-state index contributed by atoms with van der Waals surface area (Å²) < 4.78 is 5.93. The van der Waals surface area contributed by atoms with E-state index in [1.807, 2.05) is 0 Å². The minimum absolute atomic E-state index is 0.467. The molecule has 0 amide bonds. The van der Waals surface area contributed by atoms with Crippen LogP contribution in [-0.2, 0) is 0 Å². The molecule has 0 aliphatic carbocycles. The van der Waals surface area contributed by atoms with E-state index in [4.69, 9.17) is 4.42 Å². The van der Waals surface area contributed by atoms with Crippen molar-refractivity contribution in [2.24, 2.45) is 5.92 Å². The lowest BCUT2D eigenvalue weighted by molar-refractivity contribution is 0.421. The van der Waals surface area contributed by atoms with Crippen molar-refractivity contribution in [1.82, 2.24) is 0 Å². The van der Waals surface area contributed by atoms with Gasteiger partial charge in [-0.15, -0.1) is 0 Å². The summed E-state index contributed by atoms with van der Waals surface area (Å²) in [5.41, 5.74) is 2.42. The maximum atomic E-state index is 5.93. The average Bonchev–Trinajstić information content (AvgIpc) is 2.78. The Morgan fingerprint density at radius 1 is 0.882 bits per heavy atom. The second-order valence-corrected chi connectivity index (χ2v) is 5.10. The summed E-state index contributed by atoms with van der Waals surface area (Å²) in [4.78, 5) is 0. The Morgan fingerprint density at radius 2 is 1.53 bits per heavy atom. The number of hydrogen-bond donors (Lipinski definition) is 0. The second-order valence-electron chi connectivity index (χ2n) is 5.10. The average molecular weight is 228 g/mol. The molecule has 0 bridgehead atoms. The van der Waals surface area contributed by atoms with Crippen molar-refractivity contribution in [1.29, 1.82) is 0 Å². The van der Waals surface area contributed by atoms with Crippen LogP contribution in [0, 0.1) is 12.8 Å². The topological polar surface area (TPSA) is 13.1 Å². The third kappa shape index (κ3) is 2.60. The Hall–Kier alpha value is -1.50. The van der Waals surface area contributed by atoms with Gasteiger partial charge < -0.3 is 4.42 Å². The maximum absolute atomic E-state index is 5.93. The van der Waals surface area contributed by atoms with Gasteiger partial charge in [-0.25, -0.2) is 0 Å². The lowest BCUT2D eigenvalue weighted by atomic mass is 9.96. The molecule has 0 aliphatic rings. The Balaban J connectivity index is 2.26. The number of benzene rings is 1. The fraction of sp³-hybridized carbons (Fsp3) is 0.375. The van der Waals surface area contributed by atoms with Crippen LogP contribution in [0.2, 0.25) is 0 Å². The van der Waals surface area contributed by atoms with Crippen LogP contribution in [0.3, 0.4) is 0 Å². The van der Waals surface area contributed by atoms with Crippen molar-refractivity contribution in [3.8, 4) is 11.3 Å². The van der Waals surface area contributed by atoms with E-state index in [2.05, 4.69) is 64.1 Å². The normalized spacial score (nSPS) is 13.0. The van der Waals surface area contributed by atoms with E-state index in [-0.39, 0.29) is 0 Å². The predicted octanol–water partition coefficient (Wildman–Crippen LogP) is 5.01. The molecule has 2 rings (SSSR count). The fourth-order valence-corrected chi connectivity index (χ4v) is 1.80. The number of hydrogen-bond acceptors (Lipinski definition) is 1. The highest BCUT2D eigenvalue weighted by molar-refractivity contribution is 5.58. The van der Waals surface area contributed by atoms with Gasteiger partial charge >= 0.3 is 0 Å². The highest BCUT2D eigenvalue weighted by Gasteiger charge is 2.14. The van der Waals surface area contributed by atoms with E-state index in [1.165, 1.54) is 5.56 Å². The molecule has 0 aliphatic heterocycles. The quantitative estimate of drug-likeness (QED) is 0.719. The van der Waals surface area contributed by atoms with E-state index < -0.39 is 0 Å². The molecule has 0 spiro atoms. The first-order valence-electron chi connectivity index (χ1n) is 6.24. The highest BCUT2D eigenvalue weighted by Crippen LogP contribution is 2.29. The van der Waals surface area contributed by atoms with Crippen molar-refractivity contribution < 1.29 is 4.42 Å². The van der Waals surface area contributed by atoms with Crippen molar-refractivity contribution in [2.45, 2.75) is 33.6 Å². The van der Waals surface area contributed by atoms with Crippen LogP contribution in [0.15, 0.2) is 40.8 Å². The van der Waals surface area contributed by atoms with Crippen LogP contribution in [0.25, 0.3) is 11.3 Å². The highest BCUT2D eigenvalue weighted by atomic mass is 16.3. The summed E-state index contributed by atoms with van der Waals surface area (Å²) in [6, 6.07) is 12.6. The van der Waals surface area contributed by atoms with E-state index in [9.17, 15) is 0 Å². The van der Waals surface area contributed by atoms with Gasteiger partial charge in [0.25, 0.3) is 0 Å². The SMILES string of the molecule is Cc1ccc(-c2ccc(C(C)C(C)C)o2)cc1. The predicted molar refractivity (Wildman–Crippen MR) is 72.1 cm³/mol. The molecule has 1 unspecified atom stereocenters. The first-order chi connectivity index (χ1) is 8.08. The van der Waals surface area contributed by atoms with Gasteiger partial charge in [0.05, 0.1) is 0 Å². The van der Waals surface area contributed by atoms with Crippen LogP contribution in [0.4, 0.5) is 0 Å². The van der Waals surface area contributed by atoms with Crippen LogP contribution in [-0.4, -0.2) is 0 Å². The molecule has 1 aromatic carbocycles. The number of aryl methyl sites for hydroxylation is 1. The monoisotopic (exact) mass is 228 g/mol. The van der Waals surface area contributed by atoms with Crippen molar-refractivity contribution in [3.63, 3.8) is 0 Å². The molecule has 90 valence electrons. The van der Waals surface area contributed by atoms with Crippen LogP contribution in [0.5, 0.6) is 0 Å². The third-order valence-corrected chi connectivity index (χ3v) is 3.41. The molecule has 0 saturated carbocycles. The fourth-order valence-electron chi connectivity index (χ4n) is 1.80. The van der Waals surface area contributed by atoms with Crippen molar-refractivity contribution in [3.05, 3.63) is 47.7 Å². The first kappa shape index (κ1) is 12.0. The smallest absolute Gasteiger partial charge is 0.134 e. The van der Waals surface area contributed by atoms with Gasteiger partial charge in [0.1, 0.15) is 11.5 Å². The summed E-state index contributed by atoms with van der Waals surface area (Å²) in [5, 5.41) is 0.